The number of hydrogen-bond acceptors (Lipinski definition) is 10. The standard InChI is InChI=1S/C29H37N3O7S/c1-7-38-27(34)20-9-8-12-31(15-20)24(33)14-21-16-40-29-30-18(4)25(28(35)39-17(2)3)26(32(21)29)19-10-11-22(36-5)23(13-19)37-6/h10-11,13,16-17,20,26H,7-9,12,14-15H2,1-6H3/t20-,26+/m1/s1. The van der Waals surface area contributed by atoms with E-state index in [2.05, 4.69) is 0 Å². The lowest BCUT2D eigenvalue weighted by molar-refractivity contribution is -0.151. The molecule has 0 unspecified atom stereocenters. The van der Waals surface area contributed by atoms with Crippen molar-refractivity contribution in [1.29, 1.82) is 0 Å². The summed E-state index contributed by atoms with van der Waals surface area (Å²) in [5.41, 5.74) is 2.43. The van der Waals surface area contributed by atoms with Crippen LogP contribution in [0.15, 0.2) is 45.6 Å². The summed E-state index contributed by atoms with van der Waals surface area (Å²) in [5, 5.41) is 2.57. The van der Waals surface area contributed by atoms with Crippen LogP contribution in [0.5, 0.6) is 11.5 Å². The Kier molecular flexibility index (Phi) is 9.44. The fourth-order valence-corrected chi connectivity index (χ4v) is 6.13. The van der Waals surface area contributed by atoms with Gasteiger partial charge in [0.1, 0.15) is 0 Å². The summed E-state index contributed by atoms with van der Waals surface area (Å²) in [6.07, 6.45) is 1.22. The van der Waals surface area contributed by atoms with Crippen LogP contribution < -0.4 is 9.47 Å². The Morgan fingerprint density at radius 2 is 1.90 bits per heavy atom. The van der Waals surface area contributed by atoms with Crippen molar-refractivity contribution in [2.24, 2.45) is 10.9 Å². The van der Waals surface area contributed by atoms with E-state index in [1.54, 1.807) is 52.9 Å². The Balaban J connectivity index is 1.66. The molecule has 3 heterocycles. The fourth-order valence-electron chi connectivity index (χ4n) is 5.17. The minimum Gasteiger partial charge on any atom is -0.493 e. The molecule has 216 valence electrons. The maximum absolute atomic E-state index is 13.5. The van der Waals surface area contributed by atoms with Gasteiger partial charge in [-0.1, -0.05) is 17.8 Å². The molecule has 1 aromatic carbocycles. The number of rotatable bonds is 9. The second-order valence-electron chi connectivity index (χ2n) is 10.1. The molecular weight excluding hydrogens is 534 g/mol. The molecule has 0 spiro atoms. The Hall–Kier alpha value is -3.47. The van der Waals surface area contributed by atoms with E-state index >= 15 is 0 Å². The number of carbonyl (C=O) groups excluding carboxylic acids is 3. The monoisotopic (exact) mass is 571 g/mol. The first kappa shape index (κ1) is 29.5. The third-order valence-electron chi connectivity index (χ3n) is 7.01. The van der Waals surface area contributed by atoms with Gasteiger partial charge in [0, 0.05) is 18.8 Å². The smallest absolute Gasteiger partial charge is 0.338 e. The van der Waals surface area contributed by atoms with Crippen molar-refractivity contribution in [2.45, 2.75) is 59.1 Å². The number of amides is 1. The Morgan fingerprint density at radius 3 is 2.58 bits per heavy atom. The topological polar surface area (TPSA) is 107 Å². The molecule has 40 heavy (non-hydrogen) atoms. The van der Waals surface area contributed by atoms with Crippen LogP contribution >= 0.6 is 11.8 Å². The van der Waals surface area contributed by atoms with Crippen molar-refractivity contribution in [3.63, 3.8) is 0 Å². The minimum absolute atomic E-state index is 0.0919. The van der Waals surface area contributed by atoms with Crippen LogP contribution in [-0.4, -0.2) is 72.8 Å². The normalized spacial score (nSPS) is 20.6. The zero-order valence-corrected chi connectivity index (χ0v) is 24.7. The van der Waals surface area contributed by atoms with Crippen molar-refractivity contribution >= 4 is 34.8 Å². The highest BCUT2D eigenvalue weighted by Gasteiger charge is 2.42. The van der Waals surface area contributed by atoms with Gasteiger partial charge >= 0.3 is 11.9 Å². The first-order chi connectivity index (χ1) is 19.2. The van der Waals surface area contributed by atoms with E-state index in [9.17, 15) is 14.4 Å². The number of amidine groups is 1. The zero-order chi connectivity index (χ0) is 29.0. The molecule has 1 amide bonds. The number of ether oxygens (including phenoxy) is 4. The Morgan fingerprint density at radius 1 is 1.15 bits per heavy atom. The maximum Gasteiger partial charge on any atom is 0.338 e. The van der Waals surface area contributed by atoms with E-state index in [4.69, 9.17) is 23.9 Å². The van der Waals surface area contributed by atoms with Crippen LogP contribution in [0.25, 0.3) is 0 Å². The molecule has 1 saturated heterocycles. The number of methoxy groups -OCH3 is 2. The average molecular weight is 572 g/mol. The van der Waals surface area contributed by atoms with E-state index < -0.39 is 12.0 Å². The lowest BCUT2D eigenvalue weighted by Crippen LogP contribution is -2.44. The zero-order valence-electron chi connectivity index (χ0n) is 23.9. The van der Waals surface area contributed by atoms with E-state index in [0.717, 1.165) is 12.0 Å². The van der Waals surface area contributed by atoms with Gasteiger partial charge in [0.15, 0.2) is 16.7 Å². The Labute approximate surface area is 239 Å². The molecule has 2 atom stereocenters. The molecule has 1 aromatic rings. The number of benzene rings is 1. The molecule has 0 bridgehead atoms. The maximum atomic E-state index is 13.5. The van der Waals surface area contributed by atoms with Gasteiger partial charge in [0.25, 0.3) is 0 Å². The summed E-state index contributed by atoms with van der Waals surface area (Å²) >= 11 is 1.41. The molecule has 0 aromatic heterocycles. The van der Waals surface area contributed by atoms with E-state index in [0.29, 0.717) is 59.8 Å². The summed E-state index contributed by atoms with van der Waals surface area (Å²) in [6.45, 7) is 8.41. The Bertz CT molecular complexity index is 1260. The number of carbonyl (C=O) groups is 3. The van der Waals surface area contributed by atoms with Gasteiger partial charge in [-0.2, -0.15) is 0 Å². The predicted molar refractivity (Wildman–Crippen MR) is 152 cm³/mol. The van der Waals surface area contributed by atoms with Crippen LogP contribution in [0.1, 0.15) is 58.6 Å². The molecule has 0 N–H and O–H groups in total. The molecule has 10 nitrogen and oxygen atoms in total. The fraction of sp³-hybridized carbons (Fsp3) is 0.517. The molecular formula is C29H37N3O7S. The number of allylic oxidation sites excluding steroid dienone is 1. The van der Waals surface area contributed by atoms with Crippen LogP contribution in [0.4, 0.5) is 0 Å². The van der Waals surface area contributed by atoms with Crippen molar-refractivity contribution < 1.29 is 33.3 Å². The lowest BCUT2D eigenvalue weighted by atomic mass is 9.93. The SMILES string of the molecule is CCOC(=O)[C@@H]1CCCN(C(=O)CC2=CSC3=NC(C)=C(C(=O)OC(C)C)[C@H](c4ccc(OC)c(OC)c4)N23)C1. The predicted octanol–water partition coefficient (Wildman–Crippen LogP) is 4.42. The molecule has 11 heteroatoms. The second kappa shape index (κ2) is 12.8. The third-order valence-corrected chi connectivity index (χ3v) is 7.90. The summed E-state index contributed by atoms with van der Waals surface area (Å²) in [4.78, 5) is 47.7. The molecule has 3 aliphatic heterocycles. The summed E-state index contributed by atoms with van der Waals surface area (Å²) in [7, 11) is 3.12. The largest absolute Gasteiger partial charge is 0.493 e. The van der Waals surface area contributed by atoms with Crippen LogP contribution in [0.2, 0.25) is 0 Å². The number of fused-ring (bicyclic) bond motifs is 1. The highest BCUT2D eigenvalue weighted by atomic mass is 32.2. The quantitative estimate of drug-likeness (QED) is 0.398. The van der Waals surface area contributed by atoms with Gasteiger partial charge in [-0.3, -0.25) is 9.59 Å². The number of piperidine rings is 1. The average Bonchev–Trinajstić information content (AvgIpc) is 3.33. The van der Waals surface area contributed by atoms with Crippen molar-refractivity contribution in [2.75, 3.05) is 33.9 Å². The number of aliphatic imine (C=N–C) groups is 1. The number of thioether (sulfide) groups is 1. The highest BCUT2D eigenvalue weighted by molar-refractivity contribution is 8.16. The minimum atomic E-state index is -0.596. The van der Waals surface area contributed by atoms with Gasteiger partial charge in [-0.05, 0) is 63.6 Å². The lowest BCUT2D eigenvalue weighted by Gasteiger charge is -2.37. The van der Waals surface area contributed by atoms with Gasteiger partial charge in [0.05, 0.1) is 56.6 Å². The van der Waals surface area contributed by atoms with E-state index in [-0.39, 0.29) is 30.3 Å². The van der Waals surface area contributed by atoms with Crippen molar-refractivity contribution in [1.82, 2.24) is 9.80 Å². The molecule has 3 aliphatic rings. The van der Waals surface area contributed by atoms with Gasteiger partial charge in [-0.25, -0.2) is 9.79 Å². The number of likely N-dealkylation sites (tertiary alicyclic amines) is 1. The van der Waals surface area contributed by atoms with E-state index in [1.807, 2.05) is 22.4 Å². The number of esters is 2. The highest BCUT2D eigenvalue weighted by Crippen LogP contribution is 2.46. The van der Waals surface area contributed by atoms with Crippen LogP contribution in [-0.2, 0) is 23.9 Å². The van der Waals surface area contributed by atoms with Crippen molar-refractivity contribution in [3.8, 4) is 11.5 Å². The molecule has 0 saturated carbocycles. The first-order valence-electron chi connectivity index (χ1n) is 13.5. The molecule has 1 fully saturated rings. The number of nitrogens with zero attached hydrogens (tertiary/aromatic N) is 3. The third kappa shape index (κ3) is 6.14. The first-order valence-corrected chi connectivity index (χ1v) is 14.4. The number of hydrogen-bond donors (Lipinski definition) is 0. The summed E-state index contributed by atoms with van der Waals surface area (Å²) in [6, 6.07) is 4.91. The van der Waals surface area contributed by atoms with Crippen LogP contribution in [0.3, 0.4) is 0 Å². The molecule has 0 aliphatic carbocycles. The summed E-state index contributed by atoms with van der Waals surface area (Å²) < 4.78 is 21.8. The summed E-state index contributed by atoms with van der Waals surface area (Å²) in [5.74, 6) is -0.0598. The second-order valence-corrected chi connectivity index (χ2v) is 10.9. The van der Waals surface area contributed by atoms with Gasteiger partial charge in [-0.15, -0.1) is 0 Å². The van der Waals surface area contributed by atoms with Crippen molar-refractivity contribution in [3.05, 3.63) is 46.1 Å². The molecule has 4 rings (SSSR count). The van der Waals surface area contributed by atoms with Gasteiger partial charge < -0.3 is 28.7 Å². The molecule has 0 radical (unpaired) electrons. The van der Waals surface area contributed by atoms with E-state index in [1.165, 1.54) is 11.8 Å². The van der Waals surface area contributed by atoms with Crippen LogP contribution in [0, 0.1) is 5.92 Å². The van der Waals surface area contributed by atoms with Gasteiger partial charge in [0.2, 0.25) is 5.91 Å².